The van der Waals surface area contributed by atoms with Crippen LogP contribution in [-0.4, -0.2) is 48.3 Å². The third kappa shape index (κ3) is 6.80. The number of rotatable bonds is 10. The standard InChI is InChI=1S/C21H31N5O2S2Si/c1-21(2,14-27)13-26(3)15-7-8-16(22-9-15)25-20-24-11-19(30-20)29-12-17-23-10-18(28-17)31(4,5)6/h7-11,27H,12-14H2,1-6H3,(H,22,24,25). The minimum absolute atomic E-state index is 0.143. The highest BCUT2D eigenvalue weighted by atomic mass is 32.2. The molecule has 0 aliphatic rings. The van der Waals surface area contributed by atoms with Gasteiger partial charge in [0.15, 0.2) is 5.13 Å². The van der Waals surface area contributed by atoms with E-state index in [0.717, 1.165) is 38.7 Å². The lowest BCUT2D eigenvalue weighted by atomic mass is 9.94. The summed E-state index contributed by atoms with van der Waals surface area (Å²) in [7, 11) is 0.542. The molecule has 168 valence electrons. The Morgan fingerprint density at radius 1 is 1.16 bits per heavy atom. The van der Waals surface area contributed by atoms with Crippen LogP contribution in [0.1, 0.15) is 19.7 Å². The maximum atomic E-state index is 9.47. The number of hydrogen-bond donors (Lipinski definition) is 2. The van der Waals surface area contributed by atoms with Crippen LogP contribution in [0, 0.1) is 5.41 Å². The van der Waals surface area contributed by atoms with Gasteiger partial charge in [-0.15, -0.1) is 11.8 Å². The molecule has 0 aliphatic carbocycles. The van der Waals surface area contributed by atoms with E-state index in [0.29, 0.717) is 5.75 Å². The van der Waals surface area contributed by atoms with Gasteiger partial charge in [-0.3, -0.25) is 0 Å². The van der Waals surface area contributed by atoms with E-state index in [-0.39, 0.29) is 12.0 Å². The molecule has 3 aromatic heterocycles. The van der Waals surface area contributed by atoms with Gasteiger partial charge in [-0.1, -0.05) is 44.8 Å². The first kappa shape index (κ1) is 23.8. The molecule has 0 aliphatic heterocycles. The van der Waals surface area contributed by atoms with Crippen LogP contribution in [-0.2, 0) is 5.75 Å². The number of oxazole rings is 1. The summed E-state index contributed by atoms with van der Waals surface area (Å²) in [5, 5.41) is 14.6. The van der Waals surface area contributed by atoms with Crippen molar-refractivity contribution in [2.45, 2.75) is 43.5 Å². The van der Waals surface area contributed by atoms with Crippen molar-refractivity contribution in [3.05, 3.63) is 36.6 Å². The number of hydrogen-bond acceptors (Lipinski definition) is 9. The smallest absolute Gasteiger partial charge is 0.204 e. The second kappa shape index (κ2) is 9.72. The van der Waals surface area contributed by atoms with E-state index < -0.39 is 8.07 Å². The van der Waals surface area contributed by atoms with Crippen LogP contribution >= 0.6 is 23.1 Å². The van der Waals surface area contributed by atoms with Gasteiger partial charge < -0.3 is 19.7 Å². The van der Waals surface area contributed by atoms with Gasteiger partial charge in [0.2, 0.25) is 5.89 Å². The Bertz CT molecular complexity index is 982. The second-order valence-corrected chi connectivity index (χ2v) is 16.6. The molecule has 10 heteroatoms. The molecular weight excluding hydrogens is 446 g/mol. The van der Waals surface area contributed by atoms with E-state index >= 15 is 0 Å². The van der Waals surface area contributed by atoms with Gasteiger partial charge in [0.1, 0.15) is 19.3 Å². The summed E-state index contributed by atoms with van der Waals surface area (Å²) in [5.41, 5.74) is 0.841. The van der Waals surface area contributed by atoms with Crippen molar-refractivity contribution >= 4 is 53.2 Å². The minimum Gasteiger partial charge on any atom is -0.450 e. The van der Waals surface area contributed by atoms with Crippen LogP contribution in [0.2, 0.25) is 19.6 Å². The Morgan fingerprint density at radius 2 is 1.94 bits per heavy atom. The number of nitrogens with zero attached hydrogens (tertiary/aromatic N) is 4. The van der Waals surface area contributed by atoms with Crippen molar-refractivity contribution in [1.29, 1.82) is 0 Å². The van der Waals surface area contributed by atoms with E-state index in [1.54, 1.807) is 23.1 Å². The van der Waals surface area contributed by atoms with Gasteiger partial charge in [0.05, 0.1) is 34.2 Å². The molecule has 0 spiro atoms. The predicted octanol–water partition coefficient (Wildman–Crippen LogP) is 4.56. The monoisotopic (exact) mass is 477 g/mol. The van der Waals surface area contributed by atoms with Crippen LogP contribution in [0.4, 0.5) is 16.6 Å². The van der Waals surface area contributed by atoms with E-state index in [1.165, 1.54) is 0 Å². The molecule has 0 saturated heterocycles. The predicted molar refractivity (Wildman–Crippen MR) is 133 cm³/mol. The van der Waals surface area contributed by atoms with Crippen molar-refractivity contribution in [1.82, 2.24) is 15.0 Å². The summed E-state index contributed by atoms with van der Waals surface area (Å²) >= 11 is 3.25. The largest absolute Gasteiger partial charge is 0.450 e. The number of thiazole rings is 1. The van der Waals surface area contributed by atoms with Crippen molar-refractivity contribution in [2.24, 2.45) is 5.41 Å². The fourth-order valence-corrected chi connectivity index (χ4v) is 5.43. The lowest BCUT2D eigenvalue weighted by Gasteiger charge is -2.29. The van der Waals surface area contributed by atoms with Crippen LogP contribution in [0.5, 0.6) is 0 Å². The average molecular weight is 478 g/mol. The van der Waals surface area contributed by atoms with Gasteiger partial charge in [0.25, 0.3) is 0 Å². The molecule has 0 atom stereocenters. The highest BCUT2D eigenvalue weighted by molar-refractivity contribution is 8.00. The molecule has 0 radical (unpaired) electrons. The number of aromatic nitrogens is 3. The fourth-order valence-electron chi connectivity index (χ4n) is 2.82. The summed E-state index contributed by atoms with van der Waals surface area (Å²) in [6.45, 7) is 11.7. The second-order valence-electron chi connectivity index (χ2n) is 9.35. The Balaban J connectivity index is 1.54. The topological polar surface area (TPSA) is 87.3 Å². The van der Waals surface area contributed by atoms with Crippen molar-refractivity contribution in [3.63, 3.8) is 0 Å². The highest BCUT2D eigenvalue weighted by Crippen LogP contribution is 2.31. The van der Waals surface area contributed by atoms with Crippen molar-refractivity contribution in [2.75, 3.05) is 30.4 Å². The third-order valence-corrected chi connectivity index (χ3v) is 8.43. The molecule has 31 heavy (non-hydrogen) atoms. The maximum absolute atomic E-state index is 9.47. The number of anilines is 3. The van der Waals surface area contributed by atoms with E-state index in [2.05, 4.69) is 44.8 Å². The lowest BCUT2D eigenvalue weighted by molar-refractivity contribution is 0.165. The van der Waals surface area contributed by atoms with E-state index in [4.69, 9.17) is 4.42 Å². The molecular formula is C21H31N5O2S2Si. The van der Waals surface area contributed by atoms with Crippen LogP contribution in [0.25, 0.3) is 0 Å². The van der Waals surface area contributed by atoms with Gasteiger partial charge in [-0.2, -0.15) is 0 Å². The SMILES string of the molecule is CN(CC(C)(C)CO)c1ccc(Nc2ncc(SCc3ncc([Si](C)(C)C)o3)s2)nc1. The number of thioether (sulfide) groups is 1. The zero-order chi connectivity index (χ0) is 22.6. The van der Waals surface area contributed by atoms with Gasteiger partial charge in [-0.05, 0) is 12.1 Å². The zero-order valence-corrected chi connectivity index (χ0v) is 21.6. The number of pyridine rings is 1. The Labute approximate surface area is 193 Å². The Morgan fingerprint density at radius 3 is 2.55 bits per heavy atom. The molecule has 0 fully saturated rings. The van der Waals surface area contributed by atoms with Crippen LogP contribution < -0.4 is 15.6 Å². The normalized spacial score (nSPS) is 12.2. The number of nitrogens with one attached hydrogen (secondary N) is 1. The molecule has 0 bridgehead atoms. The van der Waals surface area contributed by atoms with Crippen molar-refractivity contribution < 1.29 is 9.52 Å². The number of aliphatic hydroxyl groups is 1. The molecule has 7 nitrogen and oxygen atoms in total. The van der Waals surface area contributed by atoms with Gasteiger partial charge in [0, 0.05) is 25.6 Å². The van der Waals surface area contributed by atoms with E-state index in [9.17, 15) is 5.11 Å². The molecule has 0 aromatic carbocycles. The fraction of sp³-hybridized carbons (Fsp3) is 0.476. The summed E-state index contributed by atoms with van der Waals surface area (Å²) in [6.07, 6.45) is 5.57. The van der Waals surface area contributed by atoms with Gasteiger partial charge >= 0.3 is 0 Å². The molecule has 0 amide bonds. The van der Waals surface area contributed by atoms with E-state index in [1.807, 2.05) is 51.6 Å². The molecule has 0 unspecified atom stereocenters. The Hall–Kier alpha value is -1.88. The zero-order valence-electron chi connectivity index (χ0n) is 19.0. The molecule has 3 aromatic rings. The number of aliphatic hydroxyl groups excluding tert-OH is 1. The first-order valence-electron chi connectivity index (χ1n) is 10.1. The van der Waals surface area contributed by atoms with Crippen molar-refractivity contribution in [3.8, 4) is 0 Å². The highest BCUT2D eigenvalue weighted by Gasteiger charge is 2.22. The third-order valence-electron chi connectivity index (χ3n) is 4.63. The Kier molecular flexibility index (Phi) is 7.46. The summed E-state index contributed by atoms with van der Waals surface area (Å²) in [4.78, 5) is 15.5. The summed E-state index contributed by atoms with van der Waals surface area (Å²) in [5.74, 6) is 2.20. The average Bonchev–Trinajstić information content (AvgIpc) is 3.36. The quantitative estimate of drug-likeness (QED) is 0.324. The first-order valence-corrected chi connectivity index (χ1v) is 15.4. The lowest BCUT2D eigenvalue weighted by Crippen LogP contribution is -2.36. The van der Waals surface area contributed by atoms with Gasteiger partial charge in [-0.25, -0.2) is 15.0 Å². The molecule has 2 N–H and O–H groups in total. The van der Waals surface area contributed by atoms with Crippen LogP contribution in [0.15, 0.2) is 39.3 Å². The summed E-state index contributed by atoms with van der Waals surface area (Å²) in [6, 6.07) is 3.96. The molecule has 3 heterocycles. The maximum Gasteiger partial charge on any atom is 0.204 e. The molecule has 3 rings (SSSR count). The van der Waals surface area contributed by atoms with Crippen LogP contribution in [0.3, 0.4) is 0 Å². The minimum atomic E-state index is -1.46. The first-order chi connectivity index (χ1) is 14.6. The summed E-state index contributed by atoms with van der Waals surface area (Å²) < 4.78 is 7.01. The molecule has 0 saturated carbocycles.